The van der Waals surface area contributed by atoms with Gasteiger partial charge in [-0.1, -0.05) is 56.0 Å². The van der Waals surface area contributed by atoms with Crippen LogP contribution in [-0.2, 0) is 4.74 Å². The van der Waals surface area contributed by atoms with Gasteiger partial charge in [0.05, 0.1) is 28.8 Å². The van der Waals surface area contributed by atoms with Crippen LogP contribution in [0, 0.1) is 5.92 Å². The summed E-state index contributed by atoms with van der Waals surface area (Å²) < 4.78 is 5.46. The van der Waals surface area contributed by atoms with Gasteiger partial charge in [0.15, 0.2) is 0 Å². The first kappa shape index (κ1) is 19.5. The van der Waals surface area contributed by atoms with Crippen LogP contribution in [0.1, 0.15) is 37.0 Å². The van der Waals surface area contributed by atoms with E-state index in [2.05, 4.69) is 24.1 Å². The van der Waals surface area contributed by atoms with Crippen molar-refractivity contribution in [2.24, 2.45) is 5.92 Å². The Morgan fingerprint density at radius 1 is 1.25 bits per heavy atom. The van der Waals surface area contributed by atoms with Crippen molar-refractivity contribution < 1.29 is 9.53 Å². The minimum atomic E-state index is -0.174. The van der Waals surface area contributed by atoms with Crippen molar-refractivity contribution in [2.75, 3.05) is 32.8 Å². The number of halogens is 2. The van der Waals surface area contributed by atoms with E-state index in [-0.39, 0.29) is 5.91 Å². The third-order valence-electron chi connectivity index (χ3n) is 4.78. The number of nitrogens with zero attached hydrogens (tertiary/aromatic N) is 1. The zero-order valence-electron chi connectivity index (χ0n) is 14.4. The molecule has 0 radical (unpaired) electrons. The Labute approximate surface area is 154 Å². The number of ether oxygens (including phenoxy) is 1. The molecule has 1 atom stereocenters. The largest absolute Gasteiger partial charge is 0.379 e. The van der Waals surface area contributed by atoms with Crippen molar-refractivity contribution in [2.45, 2.75) is 32.7 Å². The first-order valence-electron chi connectivity index (χ1n) is 8.62. The Morgan fingerprint density at radius 2 is 1.92 bits per heavy atom. The van der Waals surface area contributed by atoms with Crippen LogP contribution >= 0.6 is 23.2 Å². The molecule has 6 heteroatoms. The number of hydrogen-bond donors (Lipinski definition) is 1. The lowest BCUT2D eigenvalue weighted by molar-refractivity contribution is 0.00191. The molecule has 1 amide bonds. The normalized spacial score (nSPS) is 17.0. The monoisotopic (exact) mass is 372 g/mol. The van der Waals surface area contributed by atoms with Gasteiger partial charge in [-0.05, 0) is 18.1 Å². The van der Waals surface area contributed by atoms with Crippen LogP contribution in [0.4, 0.5) is 0 Å². The molecular formula is C18H26Cl2N2O2. The Bertz CT molecular complexity index is 544. The maximum absolute atomic E-state index is 12.5. The average Bonchev–Trinajstić information content (AvgIpc) is 2.61. The summed E-state index contributed by atoms with van der Waals surface area (Å²) in [6, 6.07) is 5.43. The molecule has 0 saturated carbocycles. The summed E-state index contributed by atoms with van der Waals surface area (Å²) in [4.78, 5) is 14.9. The van der Waals surface area contributed by atoms with E-state index in [1.54, 1.807) is 18.2 Å². The number of hydrogen-bond acceptors (Lipinski definition) is 3. The lowest BCUT2D eigenvalue weighted by atomic mass is 9.92. The van der Waals surface area contributed by atoms with Crippen LogP contribution in [0.15, 0.2) is 18.2 Å². The number of nitrogens with one attached hydrogen (secondary N) is 1. The van der Waals surface area contributed by atoms with Crippen molar-refractivity contribution in [1.82, 2.24) is 10.2 Å². The number of rotatable bonds is 7. The van der Waals surface area contributed by atoms with E-state index in [0.717, 1.165) is 39.1 Å². The minimum Gasteiger partial charge on any atom is -0.379 e. The highest BCUT2D eigenvalue weighted by Gasteiger charge is 2.27. The van der Waals surface area contributed by atoms with Crippen LogP contribution in [0.3, 0.4) is 0 Å². The van der Waals surface area contributed by atoms with Gasteiger partial charge in [0.1, 0.15) is 0 Å². The van der Waals surface area contributed by atoms with Gasteiger partial charge in [-0.25, -0.2) is 0 Å². The van der Waals surface area contributed by atoms with E-state index in [9.17, 15) is 4.79 Å². The molecule has 0 spiro atoms. The molecule has 2 rings (SSSR count). The van der Waals surface area contributed by atoms with E-state index >= 15 is 0 Å². The number of amides is 1. The molecule has 134 valence electrons. The van der Waals surface area contributed by atoms with E-state index in [1.807, 2.05) is 0 Å². The first-order valence-corrected chi connectivity index (χ1v) is 9.38. The highest BCUT2D eigenvalue weighted by atomic mass is 35.5. The number of benzene rings is 1. The molecule has 0 aromatic heterocycles. The van der Waals surface area contributed by atoms with Gasteiger partial charge in [-0.3, -0.25) is 9.69 Å². The molecule has 1 saturated heterocycles. The van der Waals surface area contributed by atoms with E-state index in [0.29, 0.717) is 34.1 Å². The Morgan fingerprint density at radius 3 is 2.54 bits per heavy atom. The van der Waals surface area contributed by atoms with E-state index in [1.165, 1.54) is 0 Å². The van der Waals surface area contributed by atoms with Crippen molar-refractivity contribution >= 4 is 29.1 Å². The van der Waals surface area contributed by atoms with Crippen molar-refractivity contribution in [3.8, 4) is 0 Å². The lowest BCUT2D eigenvalue weighted by Gasteiger charge is -2.38. The van der Waals surface area contributed by atoms with Gasteiger partial charge >= 0.3 is 0 Å². The van der Waals surface area contributed by atoms with Crippen LogP contribution in [0.25, 0.3) is 0 Å². The van der Waals surface area contributed by atoms with Crippen LogP contribution in [0.2, 0.25) is 10.0 Å². The molecule has 1 heterocycles. The van der Waals surface area contributed by atoms with Gasteiger partial charge in [-0.15, -0.1) is 0 Å². The second-order valence-corrected chi connectivity index (χ2v) is 6.89. The quantitative estimate of drug-likeness (QED) is 0.789. The molecule has 1 aromatic carbocycles. The second kappa shape index (κ2) is 9.62. The Hall–Kier alpha value is -0.810. The predicted molar refractivity (Wildman–Crippen MR) is 99.0 cm³/mol. The lowest BCUT2D eigenvalue weighted by Crippen LogP contribution is -2.52. The highest BCUT2D eigenvalue weighted by Crippen LogP contribution is 2.25. The van der Waals surface area contributed by atoms with E-state index in [4.69, 9.17) is 27.9 Å². The zero-order valence-corrected chi connectivity index (χ0v) is 15.9. The summed E-state index contributed by atoms with van der Waals surface area (Å²) in [6.07, 6.45) is 2.18. The van der Waals surface area contributed by atoms with Crippen LogP contribution in [-0.4, -0.2) is 49.7 Å². The average molecular weight is 373 g/mol. The number of carbonyl (C=O) groups excluding carboxylic acids is 1. The Balaban J connectivity index is 2.06. The number of carbonyl (C=O) groups is 1. The summed E-state index contributed by atoms with van der Waals surface area (Å²) in [6.45, 7) is 8.35. The fraction of sp³-hybridized carbons (Fsp3) is 0.611. The molecule has 1 aliphatic heterocycles. The third-order valence-corrected chi connectivity index (χ3v) is 5.59. The Kier molecular flexibility index (Phi) is 7.82. The molecule has 1 aliphatic rings. The smallest absolute Gasteiger partial charge is 0.252 e. The van der Waals surface area contributed by atoms with Crippen LogP contribution in [0.5, 0.6) is 0 Å². The van der Waals surface area contributed by atoms with Crippen molar-refractivity contribution in [3.63, 3.8) is 0 Å². The summed E-state index contributed by atoms with van der Waals surface area (Å²) in [7, 11) is 0. The third kappa shape index (κ3) is 4.85. The molecule has 24 heavy (non-hydrogen) atoms. The summed E-state index contributed by atoms with van der Waals surface area (Å²) in [5.41, 5.74) is 0.425. The van der Waals surface area contributed by atoms with Crippen molar-refractivity contribution in [1.29, 1.82) is 0 Å². The van der Waals surface area contributed by atoms with Gasteiger partial charge < -0.3 is 10.1 Å². The van der Waals surface area contributed by atoms with Gasteiger partial charge in [-0.2, -0.15) is 0 Å². The first-order chi connectivity index (χ1) is 11.6. The van der Waals surface area contributed by atoms with Crippen molar-refractivity contribution in [3.05, 3.63) is 33.8 Å². The van der Waals surface area contributed by atoms with Gasteiger partial charge in [0, 0.05) is 25.7 Å². The molecule has 0 bridgehead atoms. The second-order valence-electron chi connectivity index (χ2n) is 6.10. The summed E-state index contributed by atoms with van der Waals surface area (Å²) in [5, 5.41) is 3.75. The minimum absolute atomic E-state index is 0.174. The topological polar surface area (TPSA) is 41.6 Å². The van der Waals surface area contributed by atoms with Gasteiger partial charge in [0.2, 0.25) is 0 Å². The maximum Gasteiger partial charge on any atom is 0.252 e. The zero-order chi connectivity index (χ0) is 17.5. The fourth-order valence-corrected chi connectivity index (χ4v) is 3.69. The van der Waals surface area contributed by atoms with Gasteiger partial charge in [0.25, 0.3) is 5.91 Å². The summed E-state index contributed by atoms with van der Waals surface area (Å²) in [5.74, 6) is 0.366. The standard InChI is InChI=1S/C18H26Cl2N2O2/c1-3-13(4-2)16(22-8-10-24-11-9-22)12-21-18(23)14-6-5-7-15(19)17(14)20/h5-7,13,16H,3-4,8-12H2,1-2H3,(H,21,23). The molecule has 1 fully saturated rings. The SMILES string of the molecule is CCC(CC)C(CNC(=O)c1cccc(Cl)c1Cl)N1CCOCC1. The molecule has 4 nitrogen and oxygen atoms in total. The molecule has 1 unspecified atom stereocenters. The molecular weight excluding hydrogens is 347 g/mol. The number of morpholine rings is 1. The molecule has 1 aromatic rings. The maximum atomic E-state index is 12.5. The molecule has 0 aliphatic carbocycles. The van der Waals surface area contributed by atoms with Crippen LogP contribution < -0.4 is 5.32 Å². The van der Waals surface area contributed by atoms with E-state index < -0.39 is 0 Å². The molecule has 1 N–H and O–H groups in total. The highest BCUT2D eigenvalue weighted by molar-refractivity contribution is 6.43. The summed E-state index contributed by atoms with van der Waals surface area (Å²) >= 11 is 12.2. The predicted octanol–water partition coefficient (Wildman–Crippen LogP) is 3.86. The fourth-order valence-electron chi connectivity index (χ4n) is 3.31.